The van der Waals surface area contributed by atoms with Gasteiger partial charge in [-0.2, -0.15) is 0 Å². The number of nitrogens with zero attached hydrogens (tertiary/aromatic N) is 1. The van der Waals surface area contributed by atoms with Gasteiger partial charge in [0.15, 0.2) is 0 Å². The molecule has 0 bridgehead atoms. The molecule has 0 saturated carbocycles. The zero-order valence-corrected chi connectivity index (χ0v) is 14.9. The summed E-state index contributed by atoms with van der Waals surface area (Å²) in [5, 5.41) is 2.87. The largest absolute Gasteiger partial charge is 0.352 e. The average molecular weight is 356 g/mol. The Balaban J connectivity index is 0.00000242. The molecular formula is C17H23Cl2N3O. The van der Waals surface area contributed by atoms with E-state index in [4.69, 9.17) is 5.73 Å². The Morgan fingerprint density at radius 2 is 1.83 bits per heavy atom. The fraction of sp³-hybridized carbons (Fsp3) is 0.294. The van der Waals surface area contributed by atoms with Gasteiger partial charge in [0, 0.05) is 18.2 Å². The molecule has 0 radical (unpaired) electrons. The highest BCUT2D eigenvalue weighted by atomic mass is 35.5. The van der Waals surface area contributed by atoms with Crippen LogP contribution in [0.15, 0.2) is 42.5 Å². The predicted molar refractivity (Wildman–Crippen MR) is 99.5 cm³/mol. The molecule has 1 aromatic heterocycles. The van der Waals surface area contributed by atoms with Gasteiger partial charge in [0.1, 0.15) is 0 Å². The number of hydrogen-bond acceptors (Lipinski definition) is 3. The number of halogens is 2. The van der Waals surface area contributed by atoms with Gasteiger partial charge < -0.3 is 11.1 Å². The summed E-state index contributed by atoms with van der Waals surface area (Å²) in [6.07, 6.45) is 0.764. The van der Waals surface area contributed by atoms with Crippen molar-refractivity contribution in [2.24, 2.45) is 5.73 Å². The Labute approximate surface area is 149 Å². The lowest BCUT2D eigenvalue weighted by Crippen LogP contribution is -2.29. The molecular weight excluding hydrogens is 333 g/mol. The molecule has 1 aromatic carbocycles. The Kier molecular flexibility index (Phi) is 9.49. The van der Waals surface area contributed by atoms with Crippen LogP contribution in [0.2, 0.25) is 0 Å². The van der Waals surface area contributed by atoms with Crippen molar-refractivity contribution in [3.05, 3.63) is 53.7 Å². The number of hydrogen-bond donors (Lipinski definition) is 2. The van der Waals surface area contributed by atoms with Crippen molar-refractivity contribution in [2.75, 3.05) is 6.54 Å². The zero-order chi connectivity index (χ0) is 15.2. The van der Waals surface area contributed by atoms with Gasteiger partial charge in [-0.15, -0.1) is 24.8 Å². The van der Waals surface area contributed by atoms with E-state index in [1.165, 1.54) is 0 Å². The monoisotopic (exact) mass is 355 g/mol. The van der Waals surface area contributed by atoms with Gasteiger partial charge in [0.05, 0.1) is 17.0 Å². The van der Waals surface area contributed by atoms with Crippen molar-refractivity contribution in [1.29, 1.82) is 0 Å². The summed E-state index contributed by atoms with van der Waals surface area (Å²) in [7, 11) is 0. The average Bonchev–Trinajstić information content (AvgIpc) is 2.47. The van der Waals surface area contributed by atoms with E-state index in [2.05, 4.69) is 10.3 Å². The fourth-order valence-corrected chi connectivity index (χ4v) is 2.08. The lowest BCUT2D eigenvalue weighted by Gasteiger charge is -2.10. The summed E-state index contributed by atoms with van der Waals surface area (Å²) < 4.78 is 0. The highest BCUT2D eigenvalue weighted by molar-refractivity contribution is 5.95. The molecule has 4 nitrogen and oxygen atoms in total. The molecule has 0 aliphatic heterocycles. The van der Waals surface area contributed by atoms with Gasteiger partial charge in [0.2, 0.25) is 0 Å². The van der Waals surface area contributed by atoms with Crippen molar-refractivity contribution < 1.29 is 4.79 Å². The molecule has 0 saturated heterocycles. The number of rotatable bonds is 5. The van der Waals surface area contributed by atoms with Gasteiger partial charge >= 0.3 is 0 Å². The topological polar surface area (TPSA) is 68.0 Å². The van der Waals surface area contributed by atoms with Crippen LogP contribution in [0.5, 0.6) is 0 Å². The van der Waals surface area contributed by atoms with Gasteiger partial charge in [0.25, 0.3) is 5.91 Å². The van der Waals surface area contributed by atoms with Crippen LogP contribution in [0.4, 0.5) is 0 Å². The van der Waals surface area contributed by atoms with Gasteiger partial charge in [-0.25, -0.2) is 0 Å². The highest BCUT2D eigenvalue weighted by Crippen LogP contribution is 2.18. The Bertz CT molecular complexity index is 618. The zero-order valence-electron chi connectivity index (χ0n) is 13.3. The lowest BCUT2D eigenvalue weighted by atomic mass is 10.1. The van der Waals surface area contributed by atoms with Crippen molar-refractivity contribution in [1.82, 2.24) is 10.3 Å². The normalized spacial score (nSPS) is 10.9. The SMILES string of the molecule is Cc1nc(-c2ccccc2)ccc1C(=O)NCCC(C)N.Cl.Cl. The molecule has 23 heavy (non-hydrogen) atoms. The van der Waals surface area contributed by atoms with Crippen LogP contribution in [0, 0.1) is 6.92 Å². The molecule has 0 aliphatic rings. The van der Waals surface area contributed by atoms with Crippen LogP contribution in [-0.2, 0) is 0 Å². The number of aromatic nitrogens is 1. The third-order valence-corrected chi connectivity index (χ3v) is 3.29. The Morgan fingerprint density at radius 1 is 1.17 bits per heavy atom. The number of nitrogens with two attached hydrogens (primary N) is 1. The molecule has 6 heteroatoms. The Morgan fingerprint density at radius 3 is 2.39 bits per heavy atom. The van der Waals surface area contributed by atoms with Crippen LogP contribution in [0.25, 0.3) is 11.3 Å². The fourth-order valence-electron chi connectivity index (χ4n) is 2.08. The van der Waals surface area contributed by atoms with Crippen molar-refractivity contribution in [3.8, 4) is 11.3 Å². The molecule has 126 valence electrons. The molecule has 0 fully saturated rings. The quantitative estimate of drug-likeness (QED) is 0.863. The first-order chi connectivity index (χ1) is 10.1. The summed E-state index contributed by atoms with van der Waals surface area (Å²) in [5.74, 6) is -0.0970. The number of pyridine rings is 1. The van der Waals surface area contributed by atoms with E-state index >= 15 is 0 Å². The van der Waals surface area contributed by atoms with E-state index in [1.54, 1.807) is 0 Å². The smallest absolute Gasteiger partial charge is 0.253 e. The molecule has 1 amide bonds. The lowest BCUT2D eigenvalue weighted by molar-refractivity contribution is 0.0952. The van der Waals surface area contributed by atoms with Crippen LogP contribution < -0.4 is 11.1 Å². The predicted octanol–water partition coefficient (Wildman–Crippen LogP) is 3.37. The van der Waals surface area contributed by atoms with Crippen molar-refractivity contribution >= 4 is 30.7 Å². The van der Waals surface area contributed by atoms with E-state index in [1.807, 2.05) is 56.3 Å². The molecule has 0 spiro atoms. The maximum atomic E-state index is 12.1. The van der Waals surface area contributed by atoms with Crippen LogP contribution in [-0.4, -0.2) is 23.5 Å². The first-order valence-electron chi connectivity index (χ1n) is 7.15. The number of benzene rings is 1. The summed E-state index contributed by atoms with van der Waals surface area (Å²) in [6, 6.07) is 13.7. The molecule has 2 aromatic rings. The summed E-state index contributed by atoms with van der Waals surface area (Å²) in [6.45, 7) is 4.36. The second-order valence-electron chi connectivity index (χ2n) is 5.22. The number of aryl methyl sites for hydroxylation is 1. The molecule has 3 N–H and O–H groups in total. The van der Waals surface area contributed by atoms with E-state index < -0.39 is 0 Å². The van der Waals surface area contributed by atoms with E-state index in [9.17, 15) is 4.79 Å². The first-order valence-corrected chi connectivity index (χ1v) is 7.15. The molecule has 1 unspecified atom stereocenters. The van der Waals surface area contributed by atoms with Gasteiger partial charge in [-0.05, 0) is 32.4 Å². The maximum absolute atomic E-state index is 12.1. The van der Waals surface area contributed by atoms with E-state index in [0.717, 1.165) is 23.4 Å². The third-order valence-electron chi connectivity index (χ3n) is 3.29. The second-order valence-corrected chi connectivity index (χ2v) is 5.22. The summed E-state index contributed by atoms with van der Waals surface area (Å²) >= 11 is 0. The molecule has 2 rings (SSSR count). The minimum Gasteiger partial charge on any atom is -0.352 e. The van der Waals surface area contributed by atoms with E-state index in [0.29, 0.717) is 12.1 Å². The standard InChI is InChI=1S/C17H21N3O.2ClH/c1-12(18)10-11-19-17(21)15-8-9-16(20-13(15)2)14-6-4-3-5-7-14;;/h3-9,12H,10-11,18H2,1-2H3,(H,19,21);2*1H. The second kappa shape index (κ2) is 10.2. The molecule has 0 aliphatic carbocycles. The Hall–Kier alpha value is -1.62. The third kappa shape index (κ3) is 6.18. The van der Waals surface area contributed by atoms with Crippen LogP contribution >= 0.6 is 24.8 Å². The number of carbonyl (C=O) groups is 1. The van der Waals surface area contributed by atoms with Crippen molar-refractivity contribution in [2.45, 2.75) is 26.3 Å². The first kappa shape index (κ1) is 21.4. The van der Waals surface area contributed by atoms with Gasteiger partial charge in [-0.1, -0.05) is 30.3 Å². The highest BCUT2D eigenvalue weighted by Gasteiger charge is 2.11. The summed E-state index contributed by atoms with van der Waals surface area (Å²) in [5.41, 5.74) is 8.93. The van der Waals surface area contributed by atoms with Crippen molar-refractivity contribution in [3.63, 3.8) is 0 Å². The number of nitrogens with one attached hydrogen (secondary N) is 1. The van der Waals surface area contributed by atoms with E-state index in [-0.39, 0.29) is 36.8 Å². The minimum atomic E-state index is -0.0970. The van der Waals surface area contributed by atoms with Crippen LogP contribution in [0.1, 0.15) is 29.4 Å². The maximum Gasteiger partial charge on any atom is 0.253 e. The minimum absolute atomic E-state index is 0. The van der Waals surface area contributed by atoms with Gasteiger partial charge in [-0.3, -0.25) is 9.78 Å². The summed E-state index contributed by atoms with van der Waals surface area (Å²) in [4.78, 5) is 16.6. The molecule has 1 heterocycles. The molecule has 1 atom stereocenters. The number of carbonyl (C=O) groups excluding carboxylic acids is 1. The van der Waals surface area contributed by atoms with Crippen LogP contribution in [0.3, 0.4) is 0 Å². The number of amides is 1.